The number of benzene rings is 1. The van der Waals surface area contributed by atoms with Gasteiger partial charge < -0.3 is 15.3 Å². The summed E-state index contributed by atoms with van der Waals surface area (Å²) < 4.78 is 13.2. The first kappa shape index (κ1) is 12.5. The van der Waals surface area contributed by atoms with Gasteiger partial charge in [-0.2, -0.15) is 0 Å². The zero-order valence-electron chi connectivity index (χ0n) is 9.95. The van der Waals surface area contributed by atoms with Gasteiger partial charge in [0, 0.05) is 38.3 Å². The highest BCUT2D eigenvalue weighted by Crippen LogP contribution is 2.11. The molecule has 0 radical (unpaired) electrons. The first-order chi connectivity index (χ1) is 8.29. The van der Waals surface area contributed by atoms with Crippen LogP contribution in [0.1, 0.15) is 11.1 Å². The molecule has 0 bridgehead atoms. The van der Waals surface area contributed by atoms with Crippen LogP contribution in [0.2, 0.25) is 0 Å². The molecule has 0 spiro atoms. The molecule has 0 unspecified atom stereocenters. The second-order valence-electron chi connectivity index (χ2n) is 4.43. The zero-order chi connectivity index (χ0) is 12.1. The molecular weight excluding hydrogens is 219 g/mol. The van der Waals surface area contributed by atoms with E-state index >= 15 is 0 Å². The van der Waals surface area contributed by atoms with Crippen LogP contribution in [0.25, 0.3) is 0 Å². The summed E-state index contributed by atoms with van der Waals surface area (Å²) in [5.41, 5.74) is 1.48. The summed E-state index contributed by atoms with van der Waals surface area (Å²) in [4.78, 5) is 2.40. The first-order valence-corrected chi connectivity index (χ1v) is 6.11. The van der Waals surface area contributed by atoms with Gasteiger partial charge in [0.15, 0.2) is 0 Å². The molecule has 1 heterocycles. The molecule has 2 N–H and O–H groups in total. The average molecular weight is 238 g/mol. The Balaban J connectivity index is 1.89. The van der Waals surface area contributed by atoms with Crippen LogP contribution in [0.5, 0.6) is 0 Å². The molecule has 1 fully saturated rings. The van der Waals surface area contributed by atoms with E-state index in [0.717, 1.165) is 44.7 Å². The minimum absolute atomic E-state index is 0.229. The number of rotatable bonds is 4. The summed E-state index contributed by atoms with van der Waals surface area (Å²) in [6, 6.07) is 5.01. The number of hydrogen-bond acceptors (Lipinski definition) is 3. The molecule has 0 aromatic heterocycles. The molecular formula is C13H19FN2O. The monoisotopic (exact) mass is 238 g/mol. The molecule has 3 nitrogen and oxygen atoms in total. The normalized spacial score (nSPS) is 17.3. The fourth-order valence-corrected chi connectivity index (χ4v) is 2.13. The Morgan fingerprint density at radius 1 is 1.29 bits per heavy atom. The molecule has 94 valence electrons. The molecule has 1 aliphatic heterocycles. The van der Waals surface area contributed by atoms with Gasteiger partial charge in [-0.1, -0.05) is 12.1 Å². The van der Waals surface area contributed by atoms with E-state index in [2.05, 4.69) is 10.2 Å². The number of hydrogen-bond donors (Lipinski definition) is 2. The van der Waals surface area contributed by atoms with Gasteiger partial charge in [-0.25, -0.2) is 4.39 Å². The van der Waals surface area contributed by atoms with Crippen molar-refractivity contribution in [2.45, 2.75) is 13.0 Å². The maximum absolute atomic E-state index is 13.2. The van der Waals surface area contributed by atoms with E-state index in [1.165, 1.54) is 6.07 Å². The molecule has 1 aromatic rings. The maximum atomic E-state index is 13.2. The van der Waals surface area contributed by atoms with E-state index in [0.29, 0.717) is 5.56 Å². The van der Waals surface area contributed by atoms with Gasteiger partial charge in [-0.05, 0) is 18.1 Å². The van der Waals surface area contributed by atoms with Crippen molar-refractivity contribution >= 4 is 0 Å². The number of aliphatic hydroxyl groups is 1. The summed E-state index contributed by atoms with van der Waals surface area (Å²) >= 11 is 0. The number of piperazine rings is 1. The molecule has 17 heavy (non-hydrogen) atoms. The van der Waals surface area contributed by atoms with Gasteiger partial charge in [0.25, 0.3) is 0 Å². The van der Waals surface area contributed by atoms with Gasteiger partial charge in [0.1, 0.15) is 5.82 Å². The molecule has 1 aromatic carbocycles. The van der Waals surface area contributed by atoms with Gasteiger partial charge in [0.2, 0.25) is 0 Å². The van der Waals surface area contributed by atoms with Crippen LogP contribution in [-0.4, -0.2) is 42.7 Å². The van der Waals surface area contributed by atoms with Crippen molar-refractivity contribution in [2.75, 3.05) is 32.7 Å². The molecule has 0 amide bonds. The largest absolute Gasteiger partial charge is 0.392 e. The number of halogens is 1. The minimum atomic E-state index is -0.321. The second-order valence-corrected chi connectivity index (χ2v) is 4.43. The van der Waals surface area contributed by atoms with Gasteiger partial charge in [0.05, 0.1) is 6.61 Å². The van der Waals surface area contributed by atoms with Crippen molar-refractivity contribution in [1.29, 1.82) is 0 Å². The second kappa shape index (κ2) is 6.10. The highest BCUT2D eigenvalue weighted by atomic mass is 19.1. The lowest BCUT2D eigenvalue weighted by atomic mass is 10.1. The Hall–Kier alpha value is -0.970. The topological polar surface area (TPSA) is 35.5 Å². The first-order valence-electron chi connectivity index (χ1n) is 6.11. The van der Waals surface area contributed by atoms with Crippen molar-refractivity contribution in [2.24, 2.45) is 0 Å². The Morgan fingerprint density at radius 2 is 2.06 bits per heavy atom. The van der Waals surface area contributed by atoms with Crippen LogP contribution in [0.3, 0.4) is 0 Å². The summed E-state index contributed by atoms with van der Waals surface area (Å²) in [6.45, 7) is 5.02. The third-order valence-corrected chi connectivity index (χ3v) is 3.21. The van der Waals surface area contributed by atoms with E-state index in [1.807, 2.05) is 0 Å². The molecule has 1 saturated heterocycles. The van der Waals surface area contributed by atoms with Crippen molar-refractivity contribution in [3.63, 3.8) is 0 Å². The van der Waals surface area contributed by atoms with E-state index in [9.17, 15) is 4.39 Å². The highest BCUT2D eigenvalue weighted by Gasteiger charge is 2.09. The molecule has 0 saturated carbocycles. The smallest absolute Gasteiger partial charge is 0.128 e. The van der Waals surface area contributed by atoms with Crippen LogP contribution in [0.4, 0.5) is 4.39 Å². The van der Waals surface area contributed by atoms with E-state index in [-0.39, 0.29) is 12.4 Å². The Bertz CT molecular complexity index is 364. The van der Waals surface area contributed by atoms with Gasteiger partial charge in [-0.15, -0.1) is 0 Å². The van der Waals surface area contributed by atoms with E-state index in [1.54, 1.807) is 12.1 Å². The van der Waals surface area contributed by atoms with Crippen LogP contribution in [0, 0.1) is 5.82 Å². The fourth-order valence-electron chi connectivity index (χ4n) is 2.13. The fraction of sp³-hybridized carbons (Fsp3) is 0.538. The van der Waals surface area contributed by atoms with Gasteiger partial charge in [-0.3, -0.25) is 0 Å². The van der Waals surface area contributed by atoms with Crippen LogP contribution in [-0.2, 0) is 13.0 Å². The predicted octanol–water partition coefficient (Wildman–Crippen LogP) is 0.766. The van der Waals surface area contributed by atoms with Crippen molar-refractivity contribution < 1.29 is 9.50 Å². The number of nitrogens with zero attached hydrogens (tertiary/aromatic N) is 1. The molecule has 4 heteroatoms. The predicted molar refractivity (Wildman–Crippen MR) is 65.3 cm³/mol. The third kappa shape index (κ3) is 3.49. The van der Waals surface area contributed by atoms with Crippen molar-refractivity contribution in [3.8, 4) is 0 Å². The van der Waals surface area contributed by atoms with Gasteiger partial charge >= 0.3 is 0 Å². The Morgan fingerprint density at radius 3 is 2.76 bits per heavy atom. The molecule has 2 rings (SSSR count). The summed E-state index contributed by atoms with van der Waals surface area (Å²) in [6.07, 6.45) is 0.910. The summed E-state index contributed by atoms with van der Waals surface area (Å²) in [5.74, 6) is -0.321. The number of nitrogens with one attached hydrogen (secondary N) is 1. The maximum Gasteiger partial charge on any atom is 0.128 e. The summed E-state index contributed by atoms with van der Waals surface area (Å²) in [7, 11) is 0. The van der Waals surface area contributed by atoms with E-state index in [4.69, 9.17) is 5.11 Å². The van der Waals surface area contributed by atoms with E-state index < -0.39 is 0 Å². The van der Waals surface area contributed by atoms with Crippen LogP contribution < -0.4 is 5.32 Å². The summed E-state index contributed by atoms with van der Waals surface area (Å²) in [5, 5.41) is 12.3. The molecule has 1 aliphatic rings. The standard InChI is InChI=1S/C13H19FN2O/c14-13-2-1-11(9-12(13)10-17)3-6-16-7-4-15-5-8-16/h1-2,9,15,17H,3-8,10H2. The molecule has 0 atom stereocenters. The van der Waals surface area contributed by atoms with Crippen LogP contribution in [0.15, 0.2) is 18.2 Å². The lowest BCUT2D eigenvalue weighted by molar-refractivity contribution is 0.243. The minimum Gasteiger partial charge on any atom is -0.392 e. The quantitative estimate of drug-likeness (QED) is 0.813. The third-order valence-electron chi connectivity index (χ3n) is 3.21. The van der Waals surface area contributed by atoms with Crippen molar-refractivity contribution in [1.82, 2.24) is 10.2 Å². The molecule has 0 aliphatic carbocycles. The average Bonchev–Trinajstić information content (AvgIpc) is 2.39. The highest BCUT2D eigenvalue weighted by molar-refractivity contribution is 5.24. The van der Waals surface area contributed by atoms with Crippen LogP contribution >= 0.6 is 0 Å². The number of aliphatic hydroxyl groups excluding tert-OH is 1. The zero-order valence-corrected chi connectivity index (χ0v) is 9.95. The lowest BCUT2D eigenvalue weighted by Crippen LogP contribution is -2.44. The lowest BCUT2D eigenvalue weighted by Gasteiger charge is -2.27. The van der Waals surface area contributed by atoms with Crippen molar-refractivity contribution in [3.05, 3.63) is 35.1 Å². The Kier molecular flexibility index (Phi) is 4.48. The Labute approximate surface area is 101 Å². The SMILES string of the molecule is OCc1cc(CCN2CCNCC2)ccc1F.